The van der Waals surface area contributed by atoms with Crippen molar-refractivity contribution in [2.45, 2.75) is 75.7 Å². The molecule has 13 heteroatoms. The Morgan fingerprint density at radius 2 is 1.87 bits per heavy atom. The van der Waals surface area contributed by atoms with Gasteiger partial charge in [0.2, 0.25) is 11.8 Å². The normalized spacial score (nSPS) is 23.6. The fourth-order valence-electron chi connectivity index (χ4n) is 6.85. The van der Waals surface area contributed by atoms with Gasteiger partial charge < -0.3 is 30.1 Å². The first-order chi connectivity index (χ1) is 22.7. The van der Waals surface area contributed by atoms with Gasteiger partial charge in [0.25, 0.3) is 6.47 Å². The predicted octanol–water partition coefficient (Wildman–Crippen LogP) is 3.94. The predicted molar refractivity (Wildman–Crippen MR) is 178 cm³/mol. The van der Waals surface area contributed by atoms with Gasteiger partial charge in [-0.3, -0.25) is 24.1 Å². The molecular weight excluding hydrogens is 647 g/mol. The van der Waals surface area contributed by atoms with Gasteiger partial charge in [-0.05, 0) is 62.3 Å². The zero-order chi connectivity index (χ0) is 33.9. The van der Waals surface area contributed by atoms with Crippen LogP contribution in [0.3, 0.4) is 0 Å². The number of carboxylic acid groups (broad SMARTS) is 1. The SMILES string of the molecule is CCOC(=O)CC[C@H](C(=O)N1CCOC[C@H]1c1ccc(Cl)c(Cl)c1)N1CCC(CCc2ccccc2)N2C[C@H](N)C[C@H]2C1=O.O=CO. The average Bonchev–Trinajstić information content (AvgIpc) is 3.41. The molecule has 2 aromatic rings. The second-order valence-corrected chi connectivity index (χ2v) is 12.8. The number of nitrogens with two attached hydrogens (primary N) is 1. The zero-order valence-electron chi connectivity index (χ0n) is 26.6. The first-order valence-electron chi connectivity index (χ1n) is 16.1. The third-order valence-corrected chi connectivity index (χ3v) is 9.79. The highest BCUT2D eigenvalue weighted by atomic mass is 35.5. The summed E-state index contributed by atoms with van der Waals surface area (Å²) in [6, 6.07) is 14.0. The second-order valence-electron chi connectivity index (χ2n) is 12.0. The smallest absolute Gasteiger partial charge is 0.305 e. The van der Waals surface area contributed by atoms with Crippen molar-refractivity contribution in [3.8, 4) is 0 Å². The summed E-state index contributed by atoms with van der Waals surface area (Å²) < 4.78 is 11.0. The number of morpholine rings is 1. The maximum atomic E-state index is 14.5. The minimum Gasteiger partial charge on any atom is -0.483 e. The molecule has 3 N–H and O–H groups in total. The summed E-state index contributed by atoms with van der Waals surface area (Å²) in [7, 11) is 0. The number of rotatable bonds is 10. The van der Waals surface area contributed by atoms with Crippen LogP contribution in [0.25, 0.3) is 0 Å². The number of amides is 2. The first-order valence-corrected chi connectivity index (χ1v) is 16.9. The van der Waals surface area contributed by atoms with Crippen LogP contribution < -0.4 is 5.73 Å². The standard InChI is InChI=1S/C33H42Cl2N4O5.CH2O2/c1-2-44-31(40)13-12-28(32(41)38-16-17-43-21-30(38)23-9-11-26(34)27(35)18-23)37-15-14-25(10-8-22-6-4-3-5-7-22)39-20-24(36)19-29(39)33(37)42;2-1-3/h3-7,9,11,18,24-25,28-30H,2,8,10,12-17,19-21,36H2,1H3;1H,(H,2,3)/t24-,25?,28-,29+,30+;/m1./s1. The number of nitrogens with zero attached hydrogens (tertiary/aromatic N) is 3. The Bertz CT molecular complexity index is 1370. The van der Waals surface area contributed by atoms with Crippen molar-refractivity contribution < 1.29 is 33.8 Å². The van der Waals surface area contributed by atoms with Crippen LogP contribution in [-0.2, 0) is 35.1 Å². The lowest BCUT2D eigenvalue weighted by Gasteiger charge is -2.41. The number of benzene rings is 2. The van der Waals surface area contributed by atoms with E-state index in [1.165, 1.54) is 5.56 Å². The molecule has 0 aliphatic carbocycles. The van der Waals surface area contributed by atoms with E-state index < -0.39 is 18.1 Å². The monoisotopic (exact) mass is 690 g/mol. The van der Waals surface area contributed by atoms with E-state index in [-0.39, 0.29) is 62.4 Å². The molecule has 0 bridgehead atoms. The third kappa shape index (κ3) is 9.45. The molecule has 3 fully saturated rings. The lowest BCUT2D eigenvalue weighted by atomic mass is 10.00. The maximum Gasteiger partial charge on any atom is 0.305 e. The number of aryl methyl sites for hydroxylation is 1. The molecule has 0 spiro atoms. The van der Waals surface area contributed by atoms with Crippen LogP contribution in [0.1, 0.15) is 56.2 Å². The molecule has 5 rings (SSSR count). The molecule has 256 valence electrons. The molecule has 0 radical (unpaired) electrons. The molecule has 2 aromatic carbocycles. The molecule has 3 aliphatic heterocycles. The maximum absolute atomic E-state index is 14.5. The Morgan fingerprint density at radius 1 is 1.13 bits per heavy atom. The molecule has 3 aliphatic rings. The van der Waals surface area contributed by atoms with Gasteiger partial charge in [0.15, 0.2) is 0 Å². The van der Waals surface area contributed by atoms with E-state index >= 15 is 0 Å². The average molecular weight is 692 g/mol. The van der Waals surface area contributed by atoms with Gasteiger partial charge in [0.05, 0.1) is 41.9 Å². The topological polar surface area (TPSA) is 143 Å². The highest BCUT2D eigenvalue weighted by Gasteiger charge is 2.47. The molecule has 0 aromatic heterocycles. The van der Waals surface area contributed by atoms with Crippen molar-refractivity contribution in [3.63, 3.8) is 0 Å². The van der Waals surface area contributed by atoms with Gasteiger partial charge >= 0.3 is 5.97 Å². The summed E-state index contributed by atoms with van der Waals surface area (Å²) >= 11 is 12.5. The summed E-state index contributed by atoms with van der Waals surface area (Å²) in [5, 5.41) is 7.71. The van der Waals surface area contributed by atoms with Crippen LogP contribution in [0.5, 0.6) is 0 Å². The summed E-state index contributed by atoms with van der Waals surface area (Å²) in [4.78, 5) is 55.5. The number of fused-ring (bicyclic) bond motifs is 1. The third-order valence-electron chi connectivity index (χ3n) is 9.05. The van der Waals surface area contributed by atoms with Crippen LogP contribution >= 0.6 is 23.2 Å². The van der Waals surface area contributed by atoms with Gasteiger partial charge in [0.1, 0.15) is 6.04 Å². The summed E-state index contributed by atoms with van der Waals surface area (Å²) in [6.07, 6.45) is 3.23. The van der Waals surface area contributed by atoms with E-state index in [4.69, 9.17) is 48.3 Å². The minimum absolute atomic E-state index is 0.0289. The van der Waals surface area contributed by atoms with Crippen LogP contribution in [0.4, 0.5) is 0 Å². The van der Waals surface area contributed by atoms with Gasteiger partial charge in [0, 0.05) is 38.1 Å². The molecule has 3 saturated heterocycles. The van der Waals surface area contributed by atoms with Crippen molar-refractivity contribution in [2.24, 2.45) is 5.73 Å². The number of ether oxygens (including phenoxy) is 2. The summed E-state index contributed by atoms with van der Waals surface area (Å²) in [6.45, 7) is 3.82. The van der Waals surface area contributed by atoms with Crippen LogP contribution in [-0.4, -0.2) is 108 Å². The number of hydrogen-bond donors (Lipinski definition) is 2. The molecule has 5 atom stereocenters. The molecule has 47 heavy (non-hydrogen) atoms. The number of halogens is 2. The fraction of sp³-hybridized carbons (Fsp3) is 0.529. The molecule has 2 amide bonds. The quantitative estimate of drug-likeness (QED) is 0.280. The van der Waals surface area contributed by atoms with Gasteiger partial charge in [-0.1, -0.05) is 59.6 Å². The van der Waals surface area contributed by atoms with Crippen LogP contribution in [0.2, 0.25) is 10.0 Å². The van der Waals surface area contributed by atoms with Crippen molar-refractivity contribution in [3.05, 3.63) is 69.7 Å². The molecule has 3 heterocycles. The van der Waals surface area contributed by atoms with Crippen molar-refractivity contribution in [1.29, 1.82) is 0 Å². The van der Waals surface area contributed by atoms with Gasteiger partial charge in [-0.2, -0.15) is 0 Å². The van der Waals surface area contributed by atoms with Gasteiger partial charge in [-0.25, -0.2) is 0 Å². The molecular formula is C34H44Cl2N4O7. The first kappa shape index (κ1) is 36.6. The van der Waals surface area contributed by atoms with E-state index in [1.54, 1.807) is 28.9 Å². The number of carbonyl (C=O) groups is 4. The molecule has 1 unspecified atom stereocenters. The molecule has 0 saturated carbocycles. The highest BCUT2D eigenvalue weighted by Crippen LogP contribution is 2.34. The van der Waals surface area contributed by atoms with E-state index in [2.05, 4.69) is 17.0 Å². The number of hydrogen-bond acceptors (Lipinski definition) is 8. The van der Waals surface area contributed by atoms with Crippen molar-refractivity contribution in [1.82, 2.24) is 14.7 Å². The van der Waals surface area contributed by atoms with Crippen LogP contribution in [0.15, 0.2) is 48.5 Å². The summed E-state index contributed by atoms with van der Waals surface area (Å²) in [5.41, 5.74) is 8.48. The lowest BCUT2D eigenvalue weighted by Crippen LogP contribution is -2.56. The Kier molecular flexibility index (Phi) is 13.9. The molecule has 11 nitrogen and oxygen atoms in total. The Labute approximate surface area is 285 Å². The van der Waals surface area contributed by atoms with Crippen molar-refractivity contribution >= 4 is 47.5 Å². The van der Waals surface area contributed by atoms with Crippen LogP contribution in [0, 0.1) is 0 Å². The lowest BCUT2D eigenvalue weighted by molar-refractivity contribution is -0.154. The Hall–Kier alpha value is -3.22. The summed E-state index contributed by atoms with van der Waals surface area (Å²) in [5.74, 6) is -0.693. The fourth-order valence-corrected chi connectivity index (χ4v) is 7.16. The Balaban J connectivity index is 0.00000160. The zero-order valence-corrected chi connectivity index (χ0v) is 28.2. The largest absolute Gasteiger partial charge is 0.483 e. The van der Waals surface area contributed by atoms with E-state index in [0.29, 0.717) is 49.1 Å². The minimum atomic E-state index is -0.832. The van der Waals surface area contributed by atoms with Gasteiger partial charge in [-0.15, -0.1) is 0 Å². The van der Waals surface area contributed by atoms with Crippen molar-refractivity contribution in [2.75, 3.05) is 39.5 Å². The van der Waals surface area contributed by atoms with E-state index in [9.17, 15) is 14.4 Å². The number of esters is 1. The second kappa shape index (κ2) is 17.8. The van der Waals surface area contributed by atoms with E-state index in [0.717, 1.165) is 18.4 Å². The van der Waals surface area contributed by atoms with E-state index in [1.807, 2.05) is 24.3 Å². The number of carbonyl (C=O) groups excluding carboxylic acids is 3. The Morgan fingerprint density at radius 3 is 2.57 bits per heavy atom. The highest BCUT2D eigenvalue weighted by molar-refractivity contribution is 6.42.